The third-order valence-corrected chi connectivity index (χ3v) is 4.83. The lowest BCUT2D eigenvalue weighted by molar-refractivity contribution is 0.785. The van der Waals surface area contributed by atoms with Gasteiger partial charge < -0.3 is 10.6 Å². The van der Waals surface area contributed by atoms with Crippen LogP contribution in [0.25, 0.3) is 0 Å². The van der Waals surface area contributed by atoms with Crippen molar-refractivity contribution < 1.29 is 0 Å². The molecule has 1 aromatic heterocycles. The molecule has 2 N–H and O–H groups in total. The third kappa shape index (κ3) is 5.84. The van der Waals surface area contributed by atoms with Crippen LogP contribution in [0.4, 0.5) is 0 Å². The van der Waals surface area contributed by atoms with E-state index < -0.39 is 0 Å². The van der Waals surface area contributed by atoms with Crippen molar-refractivity contribution >= 4 is 28.9 Å². The van der Waals surface area contributed by atoms with Crippen molar-refractivity contribution in [1.29, 1.82) is 0 Å². The van der Waals surface area contributed by atoms with Crippen LogP contribution in [0.15, 0.2) is 29.3 Å². The predicted molar refractivity (Wildman–Crippen MR) is 99.8 cm³/mol. The van der Waals surface area contributed by atoms with Gasteiger partial charge in [0.1, 0.15) is 0 Å². The Morgan fingerprint density at radius 2 is 1.96 bits per heavy atom. The van der Waals surface area contributed by atoms with Gasteiger partial charge in [-0.3, -0.25) is 4.99 Å². The Morgan fingerprint density at radius 3 is 2.57 bits per heavy atom. The van der Waals surface area contributed by atoms with Crippen LogP contribution in [-0.2, 0) is 12.8 Å². The highest BCUT2D eigenvalue weighted by Gasteiger charge is 2.05. The van der Waals surface area contributed by atoms with Gasteiger partial charge in [0.15, 0.2) is 5.96 Å². The standard InChI is InChI=1S/C17H23ClN4S/c1-12-16(23-13(2)22-12)8-10-21-17(19-3)20-9-7-14-5-4-6-15(18)11-14/h4-6,11H,7-10H2,1-3H3,(H2,19,20,21). The molecule has 124 valence electrons. The number of benzene rings is 1. The summed E-state index contributed by atoms with van der Waals surface area (Å²) in [7, 11) is 1.79. The average molecular weight is 351 g/mol. The van der Waals surface area contributed by atoms with Crippen LogP contribution in [0.2, 0.25) is 5.02 Å². The Labute approximate surface area is 147 Å². The molecule has 6 heteroatoms. The van der Waals surface area contributed by atoms with E-state index in [0.29, 0.717) is 0 Å². The summed E-state index contributed by atoms with van der Waals surface area (Å²) in [5, 5.41) is 8.58. The maximum Gasteiger partial charge on any atom is 0.190 e. The van der Waals surface area contributed by atoms with Gasteiger partial charge in [-0.2, -0.15) is 0 Å². The van der Waals surface area contributed by atoms with Crippen molar-refractivity contribution in [2.24, 2.45) is 4.99 Å². The minimum Gasteiger partial charge on any atom is -0.356 e. The zero-order valence-electron chi connectivity index (χ0n) is 13.8. The van der Waals surface area contributed by atoms with Crippen LogP contribution >= 0.6 is 22.9 Å². The molecule has 0 fully saturated rings. The summed E-state index contributed by atoms with van der Waals surface area (Å²) < 4.78 is 0. The molecule has 2 aromatic rings. The lowest BCUT2D eigenvalue weighted by Crippen LogP contribution is -2.39. The molecule has 0 radical (unpaired) electrons. The van der Waals surface area contributed by atoms with Crippen LogP contribution < -0.4 is 10.6 Å². The summed E-state index contributed by atoms with van der Waals surface area (Å²) in [5.41, 5.74) is 2.36. The molecular weight excluding hydrogens is 328 g/mol. The summed E-state index contributed by atoms with van der Waals surface area (Å²) in [4.78, 5) is 10.0. The second-order valence-corrected chi connectivity index (χ2v) is 7.02. The number of hydrogen-bond donors (Lipinski definition) is 2. The molecule has 2 rings (SSSR count). The van der Waals surface area contributed by atoms with Crippen molar-refractivity contribution in [2.75, 3.05) is 20.1 Å². The minimum absolute atomic E-state index is 0.778. The molecular formula is C17H23ClN4S. The maximum atomic E-state index is 5.99. The van der Waals surface area contributed by atoms with E-state index in [1.165, 1.54) is 10.4 Å². The molecule has 0 aliphatic rings. The molecule has 4 nitrogen and oxygen atoms in total. The van der Waals surface area contributed by atoms with E-state index in [1.54, 1.807) is 18.4 Å². The van der Waals surface area contributed by atoms with E-state index >= 15 is 0 Å². The SMILES string of the molecule is CN=C(NCCc1cccc(Cl)c1)NCCc1sc(C)nc1C. The fourth-order valence-corrected chi connectivity index (χ4v) is 3.49. The number of halogens is 1. The summed E-state index contributed by atoms with van der Waals surface area (Å²) in [6, 6.07) is 7.94. The smallest absolute Gasteiger partial charge is 0.190 e. The molecule has 0 atom stereocenters. The number of hydrogen-bond acceptors (Lipinski definition) is 3. The van der Waals surface area contributed by atoms with Gasteiger partial charge in [-0.25, -0.2) is 4.98 Å². The van der Waals surface area contributed by atoms with Crippen LogP contribution in [0.1, 0.15) is 21.1 Å². The van der Waals surface area contributed by atoms with Crippen LogP contribution in [0.5, 0.6) is 0 Å². The Kier molecular flexibility index (Phi) is 6.86. The fourth-order valence-electron chi connectivity index (χ4n) is 2.34. The summed E-state index contributed by atoms with van der Waals surface area (Å²) >= 11 is 7.76. The molecule has 0 aliphatic carbocycles. The Bertz CT molecular complexity index is 666. The number of nitrogens with zero attached hydrogens (tertiary/aromatic N) is 2. The normalized spacial score (nSPS) is 11.6. The molecule has 0 bridgehead atoms. The summed E-state index contributed by atoms with van der Waals surface area (Å²) in [6.07, 6.45) is 1.88. The number of rotatable bonds is 6. The fraction of sp³-hybridized carbons (Fsp3) is 0.412. The number of nitrogens with one attached hydrogen (secondary N) is 2. The first-order valence-corrected chi connectivity index (χ1v) is 8.90. The molecule has 1 aromatic carbocycles. The predicted octanol–water partition coefficient (Wildman–Crippen LogP) is 3.36. The van der Waals surface area contributed by atoms with Gasteiger partial charge in [-0.05, 0) is 38.0 Å². The number of aryl methyl sites for hydroxylation is 2. The number of guanidine groups is 1. The summed E-state index contributed by atoms with van der Waals surface area (Å²) in [6.45, 7) is 5.78. The van der Waals surface area contributed by atoms with Crippen molar-refractivity contribution in [1.82, 2.24) is 15.6 Å². The van der Waals surface area contributed by atoms with E-state index in [0.717, 1.165) is 47.6 Å². The van der Waals surface area contributed by atoms with Crippen molar-refractivity contribution in [2.45, 2.75) is 26.7 Å². The van der Waals surface area contributed by atoms with Gasteiger partial charge >= 0.3 is 0 Å². The number of aliphatic imine (C=N–C) groups is 1. The van der Waals surface area contributed by atoms with Gasteiger partial charge in [-0.1, -0.05) is 23.7 Å². The largest absolute Gasteiger partial charge is 0.356 e. The van der Waals surface area contributed by atoms with E-state index in [1.807, 2.05) is 25.1 Å². The summed E-state index contributed by atoms with van der Waals surface area (Å²) in [5.74, 6) is 0.825. The lowest BCUT2D eigenvalue weighted by atomic mass is 10.1. The molecule has 0 saturated carbocycles. The van der Waals surface area contributed by atoms with E-state index in [4.69, 9.17) is 11.6 Å². The molecule has 0 aliphatic heterocycles. The quantitative estimate of drug-likeness (QED) is 0.620. The highest BCUT2D eigenvalue weighted by molar-refractivity contribution is 7.11. The molecule has 0 saturated heterocycles. The van der Waals surface area contributed by atoms with Crippen molar-refractivity contribution in [3.63, 3.8) is 0 Å². The highest BCUT2D eigenvalue weighted by atomic mass is 35.5. The lowest BCUT2D eigenvalue weighted by Gasteiger charge is -2.11. The van der Waals surface area contributed by atoms with E-state index in [-0.39, 0.29) is 0 Å². The second-order valence-electron chi connectivity index (χ2n) is 5.30. The molecule has 0 amide bonds. The van der Waals surface area contributed by atoms with Crippen LogP contribution in [-0.4, -0.2) is 31.1 Å². The van der Waals surface area contributed by atoms with Crippen LogP contribution in [0.3, 0.4) is 0 Å². The monoisotopic (exact) mass is 350 g/mol. The molecule has 1 heterocycles. The molecule has 0 unspecified atom stereocenters. The number of thiazole rings is 1. The zero-order chi connectivity index (χ0) is 16.7. The van der Waals surface area contributed by atoms with Gasteiger partial charge in [0.2, 0.25) is 0 Å². The van der Waals surface area contributed by atoms with Gasteiger partial charge in [-0.15, -0.1) is 11.3 Å². The van der Waals surface area contributed by atoms with Crippen molar-refractivity contribution in [3.05, 3.63) is 50.4 Å². The second kappa shape index (κ2) is 8.89. The molecule has 23 heavy (non-hydrogen) atoms. The zero-order valence-corrected chi connectivity index (χ0v) is 15.4. The topological polar surface area (TPSA) is 49.3 Å². The Hall–Kier alpha value is -1.59. The first-order valence-electron chi connectivity index (χ1n) is 7.70. The van der Waals surface area contributed by atoms with Gasteiger partial charge in [0, 0.05) is 36.5 Å². The minimum atomic E-state index is 0.778. The van der Waals surface area contributed by atoms with Crippen LogP contribution in [0, 0.1) is 13.8 Å². The molecule has 0 spiro atoms. The number of aromatic nitrogens is 1. The first kappa shape index (κ1) is 17.8. The third-order valence-electron chi connectivity index (χ3n) is 3.46. The maximum absolute atomic E-state index is 5.99. The van der Waals surface area contributed by atoms with Gasteiger partial charge in [0.05, 0.1) is 10.7 Å². The Morgan fingerprint density at radius 1 is 1.22 bits per heavy atom. The first-order chi connectivity index (χ1) is 11.1. The van der Waals surface area contributed by atoms with Crippen molar-refractivity contribution in [3.8, 4) is 0 Å². The average Bonchev–Trinajstić information content (AvgIpc) is 2.83. The Balaban J connectivity index is 1.72. The van der Waals surface area contributed by atoms with E-state index in [9.17, 15) is 0 Å². The van der Waals surface area contributed by atoms with E-state index in [2.05, 4.69) is 33.6 Å². The highest BCUT2D eigenvalue weighted by Crippen LogP contribution is 2.17. The van der Waals surface area contributed by atoms with Gasteiger partial charge in [0.25, 0.3) is 0 Å².